The van der Waals surface area contributed by atoms with Crippen LogP contribution < -0.4 is 10.1 Å². The number of carbonyl (C=O) groups excluding carboxylic acids is 2. The second kappa shape index (κ2) is 9.01. The Kier molecular flexibility index (Phi) is 6.74. The Morgan fingerprint density at radius 2 is 1.96 bits per heavy atom. The van der Waals surface area contributed by atoms with Gasteiger partial charge in [0.25, 0.3) is 5.91 Å². The average Bonchev–Trinajstić information content (AvgIpc) is 2.61. The monoisotopic (exact) mass is 377 g/mol. The van der Waals surface area contributed by atoms with E-state index in [2.05, 4.69) is 5.32 Å². The Hall–Kier alpha value is -2.86. The van der Waals surface area contributed by atoms with Crippen LogP contribution in [0.15, 0.2) is 48.5 Å². The van der Waals surface area contributed by atoms with E-state index in [0.29, 0.717) is 16.5 Å². The number of ether oxygens (including phenoxy) is 2. The summed E-state index contributed by atoms with van der Waals surface area (Å²) in [5.74, 6) is -1.37. The van der Waals surface area contributed by atoms with Crippen LogP contribution >= 0.6 is 11.6 Å². The molecule has 1 N–H and O–H groups in total. The van der Waals surface area contributed by atoms with Crippen molar-refractivity contribution in [1.82, 2.24) is 0 Å². The highest BCUT2D eigenvalue weighted by Crippen LogP contribution is 2.27. The maximum absolute atomic E-state index is 13.5. The van der Waals surface area contributed by atoms with Gasteiger partial charge in [-0.25, -0.2) is 9.18 Å². The number of esters is 1. The van der Waals surface area contributed by atoms with E-state index in [-0.39, 0.29) is 5.56 Å². The number of methoxy groups -OCH3 is 1. The summed E-state index contributed by atoms with van der Waals surface area (Å²) < 4.78 is 23.6. The summed E-state index contributed by atoms with van der Waals surface area (Å²) in [5, 5.41) is 3.00. The molecule has 5 nitrogen and oxygen atoms in total. The number of amides is 1. The van der Waals surface area contributed by atoms with E-state index >= 15 is 0 Å². The number of rotatable bonds is 6. The zero-order chi connectivity index (χ0) is 19.1. The number of benzene rings is 2. The van der Waals surface area contributed by atoms with Crippen molar-refractivity contribution in [2.75, 3.05) is 12.4 Å². The standard InChI is InChI=1S/C19H17ClFNO4/c1-12(19(24)22-16-11-14(20)8-9-17(16)25-2)26-18(23)10-7-13-5-3-4-6-15(13)21/h3-12H,1-2H3,(H,22,24)/b10-7+/t12-/m0/s1. The van der Waals surface area contributed by atoms with Gasteiger partial charge in [-0.3, -0.25) is 4.79 Å². The first-order valence-corrected chi connectivity index (χ1v) is 8.06. The minimum absolute atomic E-state index is 0.241. The highest BCUT2D eigenvalue weighted by atomic mass is 35.5. The molecule has 2 aromatic carbocycles. The molecule has 26 heavy (non-hydrogen) atoms. The second-order valence-electron chi connectivity index (χ2n) is 5.27. The van der Waals surface area contributed by atoms with E-state index in [1.807, 2.05) is 0 Å². The Morgan fingerprint density at radius 3 is 2.65 bits per heavy atom. The molecule has 0 fully saturated rings. The first-order valence-electron chi connectivity index (χ1n) is 7.68. The SMILES string of the molecule is COc1ccc(Cl)cc1NC(=O)[C@H](C)OC(=O)/C=C/c1ccccc1F. The molecule has 1 atom stereocenters. The van der Waals surface area contributed by atoms with E-state index in [0.717, 1.165) is 6.08 Å². The van der Waals surface area contributed by atoms with Gasteiger partial charge in [-0.15, -0.1) is 0 Å². The molecule has 0 aliphatic heterocycles. The Morgan fingerprint density at radius 1 is 1.23 bits per heavy atom. The molecule has 2 aromatic rings. The largest absolute Gasteiger partial charge is 0.495 e. The first-order chi connectivity index (χ1) is 12.4. The van der Waals surface area contributed by atoms with Gasteiger partial charge in [-0.2, -0.15) is 0 Å². The number of hydrogen-bond donors (Lipinski definition) is 1. The minimum atomic E-state index is -1.07. The Bertz CT molecular complexity index is 838. The van der Waals surface area contributed by atoms with Crippen LogP contribution in [0.1, 0.15) is 12.5 Å². The molecule has 0 radical (unpaired) electrons. The van der Waals surface area contributed by atoms with Crippen molar-refractivity contribution < 1.29 is 23.5 Å². The normalized spacial score (nSPS) is 11.8. The lowest BCUT2D eigenvalue weighted by molar-refractivity contribution is -0.148. The summed E-state index contributed by atoms with van der Waals surface area (Å²) in [4.78, 5) is 24.0. The lowest BCUT2D eigenvalue weighted by Gasteiger charge is -2.14. The van der Waals surface area contributed by atoms with Crippen LogP contribution in [0.3, 0.4) is 0 Å². The topological polar surface area (TPSA) is 64.6 Å². The maximum Gasteiger partial charge on any atom is 0.331 e. The van der Waals surface area contributed by atoms with Crippen molar-refractivity contribution in [3.63, 3.8) is 0 Å². The fraction of sp³-hybridized carbons (Fsp3) is 0.158. The van der Waals surface area contributed by atoms with Crippen LogP contribution in [0.25, 0.3) is 6.08 Å². The quantitative estimate of drug-likeness (QED) is 0.608. The second-order valence-corrected chi connectivity index (χ2v) is 5.70. The zero-order valence-electron chi connectivity index (χ0n) is 14.2. The predicted molar refractivity (Wildman–Crippen MR) is 97.6 cm³/mol. The summed E-state index contributed by atoms with van der Waals surface area (Å²) >= 11 is 5.90. The van der Waals surface area contributed by atoms with Crippen molar-refractivity contribution in [3.05, 3.63) is 64.9 Å². The predicted octanol–water partition coefficient (Wildman–Crippen LogP) is 4.07. The Balaban J connectivity index is 1.97. The van der Waals surface area contributed by atoms with Crippen LogP contribution in [-0.2, 0) is 14.3 Å². The van der Waals surface area contributed by atoms with Crippen LogP contribution in [0.5, 0.6) is 5.75 Å². The van der Waals surface area contributed by atoms with Gasteiger partial charge in [-0.1, -0.05) is 29.8 Å². The Labute approximate surface area is 155 Å². The van der Waals surface area contributed by atoms with E-state index < -0.39 is 23.8 Å². The van der Waals surface area contributed by atoms with Gasteiger partial charge in [0.2, 0.25) is 0 Å². The summed E-state index contributed by atoms with van der Waals surface area (Å²) in [6, 6.07) is 10.7. The van der Waals surface area contributed by atoms with E-state index in [1.54, 1.807) is 24.3 Å². The summed E-state index contributed by atoms with van der Waals surface area (Å²) in [6.07, 6.45) is 1.27. The highest BCUT2D eigenvalue weighted by Gasteiger charge is 2.18. The zero-order valence-corrected chi connectivity index (χ0v) is 14.9. The van der Waals surface area contributed by atoms with Gasteiger partial charge in [0, 0.05) is 16.7 Å². The molecule has 0 unspecified atom stereocenters. The fourth-order valence-corrected chi connectivity index (χ4v) is 2.22. The fourth-order valence-electron chi connectivity index (χ4n) is 2.05. The molecule has 0 aliphatic carbocycles. The maximum atomic E-state index is 13.5. The van der Waals surface area contributed by atoms with E-state index in [9.17, 15) is 14.0 Å². The van der Waals surface area contributed by atoms with Crippen molar-refractivity contribution in [2.45, 2.75) is 13.0 Å². The van der Waals surface area contributed by atoms with Gasteiger partial charge in [0.05, 0.1) is 12.8 Å². The molecular weight excluding hydrogens is 361 g/mol. The number of halogens is 2. The lowest BCUT2D eigenvalue weighted by atomic mass is 10.2. The van der Waals surface area contributed by atoms with E-state index in [1.165, 1.54) is 38.3 Å². The van der Waals surface area contributed by atoms with Crippen LogP contribution in [0.2, 0.25) is 5.02 Å². The third-order valence-electron chi connectivity index (χ3n) is 3.39. The molecular formula is C19H17ClFNO4. The lowest BCUT2D eigenvalue weighted by Crippen LogP contribution is -2.29. The first kappa shape index (κ1) is 19.5. The van der Waals surface area contributed by atoms with Gasteiger partial charge >= 0.3 is 5.97 Å². The summed E-state index contributed by atoms with van der Waals surface area (Å²) in [6.45, 7) is 1.42. The van der Waals surface area contributed by atoms with Crippen molar-refractivity contribution in [2.24, 2.45) is 0 Å². The molecule has 136 valence electrons. The summed E-state index contributed by atoms with van der Waals surface area (Å²) in [7, 11) is 1.45. The molecule has 0 spiro atoms. The van der Waals surface area contributed by atoms with Crippen LogP contribution in [-0.4, -0.2) is 25.1 Å². The van der Waals surface area contributed by atoms with Crippen molar-refractivity contribution in [3.8, 4) is 5.75 Å². The van der Waals surface area contributed by atoms with Gasteiger partial charge < -0.3 is 14.8 Å². The average molecular weight is 378 g/mol. The molecule has 0 aromatic heterocycles. The molecule has 7 heteroatoms. The molecule has 1 amide bonds. The smallest absolute Gasteiger partial charge is 0.331 e. The summed E-state index contributed by atoms with van der Waals surface area (Å²) in [5.41, 5.74) is 0.597. The molecule has 0 bridgehead atoms. The van der Waals surface area contributed by atoms with Crippen molar-refractivity contribution >= 4 is 35.2 Å². The number of carbonyl (C=O) groups is 2. The molecule has 0 saturated heterocycles. The van der Waals surface area contributed by atoms with Crippen molar-refractivity contribution in [1.29, 1.82) is 0 Å². The molecule has 0 saturated carbocycles. The van der Waals surface area contributed by atoms with Crippen LogP contribution in [0.4, 0.5) is 10.1 Å². The van der Waals surface area contributed by atoms with Gasteiger partial charge in [0.1, 0.15) is 11.6 Å². The number of nitrogens with one attached hydrogen (secondary N) is 1. The molecule has 0 heterocycles. The van der Waals surface area contributed by atoms with E-state index in [4.69, 9.17) is 21.1 Å². The van der Waals surface area contributed by atoms with Gasteiger partial charge in [-0.05, 0) is 37.3 Å². The van der Waals surface area contributed by atoms with Crippen LogP contribution in [0, 0.1) is 5.82 Å². The third-order valence-corrected chi connectivity index (χ3v) is 3.62. The molecule has 0 aliphatic rings. The minimum Gasteiger partial charge on any atom is -0.495 e. The van der Waals surface area contributed by atoms with Gasteiger partial charge in [0.15, 0.2) is 6.10 Å². The third kappa shape index (κ3) is 5.32. The highest BCUT2D eigenvalue weighted by molar-refractivity contribution is 6.31. The number of anilines is 1. The number of hydrogen-bond acceptors (Lipinski definition) is 4. The molecule has 2 rings (SSSR count).